The molecule has 1 unspecified atom stereocenters. The zero-order valence-corrected chi connectivity index (χ0v) is 7.90. The maximum absolute atomic E-state index is 4.07. The number of allylic oxidation sites excluding steroid dienone is 1. The van der Waals surface area contributed by atoms with Crippen LogP contribution in [0.3, 0.4) is 0 Å². The monoisotopic (exact) mass is 152 g/mol. The summed E-state index contributed by atoms with van der Waals surface area (Å²) in [7, 11) is 0. The van der Waals surface area contributed by atoms with Crippen molar-refractivity contribution in [2.24, 2.45) is 11.8 Å². The molecule has 0 bridgehead atoms. The van der Waals surface area contributed by atoms with Crippen LogP contribution in [0.5, 0.6) is 0 Å². The van der Waals surface area contributed by atoms with Crippen molar-refractivity contribution in [2.45, 2.75) is 46.0 Å². The number of hydrogen-bond donors (Lipinski definition) is 0. The predicted molar refractivity (Wildman–Crippen MR) is 50.6 cm³/mol. The average molecular weight is 152 g/mol. The third-order valence-corrected chi connectivity index (χ3v) is 2.52. The highest BCUT2D eigenvalue weighted by Gasteiger charge is 2.16. The zero-order chi connectivity index (χ0) is 8.27. The molecule has 0 radical (unpaired) electrons. The van der Waals surface area contributed by atoms with Gasteiger partial charge in [-0.3, -0.25) is 0 Å². The van der Waals surface area contributed by atoms with E-state index in [9.17, 15) is 0 Å². The van der Waals surface area contributed by atoms with Gasteiger partial charge in [0.25, 0.3) is 0 Å². The molecule has 11 heavy (non-hydrogen) atoms. The Morgan fingerprint density at radius 3 is 2.82 bits per heavy atom. The topological polar surface area (TPSA) is 0 Å². The third-order valence-electron chi connectivity index (χ3n) is 2.52. The van der Waals surface area contributed by atoms with Gasteiger partial charge in [-0.25, -0.2) is 0 Å². The van der Waals surface area contributed by atoms with Crippen molar-refractivity contribution in [1.29, 1.82) is 0 Å². The molecule has 0 heteroatoms. The van der Waals surface area contributed by atoms with Crippen molar-refractivity contribution in [3.05, 3.63) is 12.2 Å². The number of rotatable bonds is 2. The van der Waals surface area contributed by atoms with E-state index < -0.39 is 0 Å². The Labute approximate surface area is 70.7 Å². The van der Waals surface area contributed by atoms with Gasteiger partial charge in [-0.2, -0.15) is 0 Å². The summed E-state index contributed by atoms with van der Waals surface area (Å²) in [5.41, 5.74) is 1.49. The molecule has 0 aromatic carbocycles. The van der Waals surface area contributed by atoms with E-state index in [0.717, 1.165) is 11.8 Å². The fourth-order valence-corrected chi connectivity index (χ4v) is 2.12. The van der Waals surface area contributed by atoms with Gasteiger partial charge in [0.2, 0.25) is 0 Å². The molecular weight excluding hydrogens is 132 g/mol. The lowest BCUT2D eigenvalue weighted by Gasteiger charge is -2.24. The van der Waals surface area contributed by atoms with Crippen LogP contribution in [0.4, 0.5) is 0 Å². The summed E-state index contributed by atoms with van der Waals surface area (Å²) in [4.78, 5) is 0. The van der Waals surface area contributed by atoms with E-state index in [0.29, 0.717) is 0 Å². The van der Waals surface area contributed by atoms with Crippen molar-refractivity contribution in [2.75, 3.05) is 0 Å². The molecule has 0 amide bonds. The van der Waals surface area contributed by atoms with Gasteiger partial charge in [-0.05, 0) is 43.9 Å². The first-order chi connectivity index (χ1) is 5.18. The van der Waals surface area contributed by atoms with Crippen molar-refractivity contribution >= 4 is 0 Å². The summed E-state index contributed by atoms with van der Waals surface area (Å²) in [6.07, 6.45) is 6.82. The van der Waals surface area contributed by atoms with Crippen molar-refractivity contribution in [3.8, 4) is 0 Å². The van der Waals surface area contributed by atoms with Crippen LogP contribution >= 0.6 is 0 Å². The summed E-state index contributed by atoms with van der Waals surface area (Å²) in [6.45, 7) is 8.71. The zero-order valence-electron chi connectivity index (χ0n) is 7.90. The van der Waals surface area contributed by atoms with E-state index >= 15 is 0 Å². The van der Waals surface area contributed by atoms with Crippen LogP contribution in [0, 0.1) is 11.8 Å². The molecular formula is C11H20. The van der Waals surface area contributed by atoms with Crippen molar-refractivity contribution < 1.29 is 0 Å². The van der Waals surface area contributed by atoms with Crippen LogP contribution in [0.15, 0.2) is 12.2 Å². The Morgan fingerprint density at radius 1 is 1.55 bits per heavy atom. The molecule has 1 aliphatic carbocycles. The van der Waals surface area contributed by atoms with E-state index in [-0.39, 0.29) is 0 Å². The standard InChI is InChI=1S/C11H20/c1-9(2)7-11-6-4-5-10(3)8-11/h9,11H,3-8H2,1-2H3. The first kappa shape index (κ1) is 8.83. The fourth-order valence-electron chi connectivity index (χ4n) is 2.12. The second-order valence-corrected chi connectivity index (χ2v) is 4.34. The highest BCUT2D eigenvalue weighted by molar-refractivity contribution is 4.99. The molecule has 0 aliphatic heterocycles. The highest BCUT2D eigenvalue weighted by Crippen LogP contribution is 2.31. The maximum Gasteiger partial charge on any atom is -0.0294 e. The van der Waals surface area contributed by atoms with E-state index in [4.69, 9.17) is 0 Å². The van der Waals surface area contributed by atoms with E-state index in [1.165, 1.54) is 37.7 Å². The van der Waals surface area contributed by atoms with Gasteiger partial charge in [-0.15, -0.1) is 0 Å². The summed E-state index contributed by atoms with van der Waals surface area (Å²) in [5, 5.41) is 0. The second-order valence-electron chi connectivity index (χ2n) is 4.34. The van der Waals surface area contributed by atoms with E-state index in [1.807, 2.05) is 0 Å². The Bertz CT molecular complexity index is 133. The predicted octanol–water partition coefficient (Wildman–Crippen LogP) is 3.78. The van der Waals surface area contributed by atoms with Crippen LogP contribution in [0.2, 0.25) is 0 Å². The molecule has 64 valence electrons. The molecule has 0 spiro atoms. The van der Waals surface area contributed by atoms with Gasteiger partial charge in [0, 0.05) is 0 Å². The normalized spacial score (nSPS) is 26.1. The van der Waals surface area contributed by atoms with Crippen LogP contribution in [0.1, 0.15) is 46.0 Å². The average Bonchev–Trinajstić information content (AvgIpc) is 1.85. The summed E-state index contributed by atoms with van der Waals surface area (Å²) >= 11 is 0. The summed E-state index contributed by atoms with van der Waals surface area (Å²) in [6, 6.07) is 0. The van der Waals surface area contributed by atoms with Gasteiger partial charge < -0.3 is 0 Å². The summed E-state index contributed by atoms with van der Waals surface area (Å²) < 4.78 is 0. The quantitative estimate of drug-likeness (QED) is 0.528. The van der Waals surface area contributed by atoms with Crippen LogP contribution in [0.25, 0.3) is 0 Å². The number of hydrogen-bond acceptors (Lipinski definition) is 0. The smallest absolute Gasteiger partial charge is 0.0294 e. The Morgan fingerprint density at radius 2 is 2.27 bits per heavy atom. The first-order valence-electron chi connectivity index (χ1n) is 4.85. The fraction of sp³-hybridized carbons (Fsp3) is 0.818. The Balaban J connectivity index is 2.28. The minimum Gasteiger partial charge on any atom is -0.0999 e. The van der Waals surface area contributed by atoms with Gasteiger partial charge in [-0.1, -0.05) is 26.0 Å². The molecule has 1 atom stereocenters. The molecule has 1 saturated carbocycles. The molecule has 1 aliphatic rings. The lowest BCUT2D eigenvalue weighted by Crippen LogP contribution is -2.10. The summed E-state index contributed by atoms with van der Waals surface area (Å²) in [5.74, 6) is 1.82. The molecule has 0 nitrogen and oxygen atoms in total. The van der Waals surface area contributed by atoms with Gasteiger partial charge in [0.05, 0.1) is 0 Å². The molecule has 1 rings (SSSR count). The van der Waals surface area contributed by atoms with Crippen LogP contribution < -0.4 is 0 Å². The largest absolute Gasteiger partial charge is 0.0999 e. The molecule has 0 N–H and O–H groups in total. The Kier molecular flexibility index (Phi) is 3.16. The Hall–Kier alpha value is -0.260. The molecule has 1 fully saturated rings. The maximum atomic E-state index is 4.07. The molecule has 0 heterocycles. The van der Waals surface area contributed by atoms with E-state index in [2.05, 4.69) is 20.4 Å². The van der Waals surface area contributed by atoms with Crippen molar-refractivity contribution in [1.82, 2.24) is 0 Å². The van der Waals surface area contributed by atoms with Crippen LogP contribution in [-0.2, 0) is 0 Å². The molecule has 0 saturated heterocycles. The van der Waals surface area contributed by atoms with Gasteiger partial charge in [0.1, 0.15) is 0 Å². The lowest BCUT2D eigenvalue weighted by molar-refractivity contribution is 0.347. The molecule has 0 aromatic heterocycles. The third kappa shape index (κ3) is 3.09. The van der Waals surface area contributed by atoms with Crippen molar-refractivity contribution in [3.63, 3.8) is 0 Å². The highest BCUT2D eigenvalue weighted by atomic mass is 14.2. The van der Waals surface area contributed by atoms with Crippen LogP contribution in [-0.4, -0.2) is 0 Å². The minimum atomic E-state index is 0.867. The molecule has 0 aromatic rings. The van der Waals surface area contributed by atoms with Gasteiger partial charge in [0.15, 0.2) is 0 Å². The lowest BCUT2D eigenvalue weighted by atomic mass is 9.81. The SMILES string of the molecule is C=C1CCCC(CC(C)C)C1. The second kappa shape index (κ2) is 3.94. The first-order valence-corrected chi connectivity index (χ1v) is 4.85. The minimum absolute atomic E-state index is 0.867. The van der Waals surface area contributed by atoms with E-state index in [1.54, 1.807) is 0 Å². The van der Waals surface area contributed by atoms with Gasteiger partial charge >= 0.3 is 0 Å².